The lowest BCUT2D eigenvalue weighted by atomic mass is 10.2. The molecule has 1 heterocycles. The quantitative estimate of drug-likeness (QED) is 0.315. The van der Waals surface area contributed by atoms with Gasteiger partial charge in [0.2, 0.25) is 15.9 Å². The number of sulfonamides is 1. The van der Waals surface area contributed by atoms with E-state index < -0.39 is 10.0 Å². The zero-order valence-electron chi connectivity index (χ0n) is 14.9. The van der Waals surface area contributed by atoms with Gasteiger partial charge in [-0.1, -0.05) is 0 Å². The van der Waals surface area contributed by atoms with Crippen molar-refractivity contribution in [2.75, 3.05) is 60.2 Å². The first kappa shape index (κ1) is 20.7. The van der Waals surface area contributed by atoms with E-state index in [1.54, 1.807) is 21.2 Å². The van der Waals surface area contributed by atoms with Crippen molar-refractivity contribution in [3.63, 3.8) is 0 Å². The summed E-state index contributed by atoms with van der Waals surface area (Å²) < 4.78 is 30.0. The summed E-state index contributed by atoms with van der Waals surface area (Å²) in [5.74, 6) is 0.365. The first-order valence-electron chi connectivity index (χ1n) is 7.93. The zero-order valence-corrected chi connectivity index (χ0v) is 15.7. The minimum atomic E-state index is -3.21. The minimum Gasteiger partial charge on any atom is -0.383 e. The number of aliphatic imine (C=N–C) groups is 1. The monoisotopic (exact) mass is 363 g/mol. The molecular weight excluding hydrogens is 334 g/mol. The highest BCUT2D eigenvalue weighted by atomic mass is 32.2. The van der Waals surface area contributed by atoms with E-state index in [1.165, 1.54) is 15.5 Å². The van der Waals surface area contributed by atoms with E-state index >= 15 is 0 Å². The van der Waals surface area contributed by atoms with Crippen LogP contribution in [0.4, 0.5) is 0 Å². The predicted molar refractivity (Wildman–Crippen MR) is 93.4 cm³/mol. The van der Waals surface area contributed by atoms with Crippen molar-refractivity contribution in [1.82, 2.24) is 19.8 Å². The Bertz CT molecular complexity index is 535. The molecule has 1 rings (SSSR count). The second-order valence-corrected chi connectivity index (χ2v) is 7.86. The maximum Gasteiger partial charge on any atom is 0.243 e. The van der Waals surface area contributed by atoms with Gasteiger partial charge in [-0.25, -0.2) is 13.4 Å². The number of rotatable bonds is 8. The Labute approximate surface area is 144 Å². The molecule has 0 aromatic heterocycles. The topological polar surface area (TPSA) is 103 Å². The number of methoxy groups -OCH3 is 1. The van der Waals surface area contributed by atoms with Gasteiger partial charge in [-0.05, 0) is 12.8 Å². The van der Waals surface area contributed by atoms with E-state index in [0.717, 1.165) is 12.8 Å². The van der Waals surface area contributed by atoms with Crippen molar-refractivity contribution in [3.05, 3.63) is 0 Å². The Morgan fingerprint density at radius 3 is 2.67 bits per heavy atom. The molecule has 140 valence electrons. The van der Waals surface area contributed by atoms with E-state index in [-0.39, 0.29) is 18.5 Å². The molecule has 0 spiro atoms. The van der Waals surface area contributed by atoms with E-state index in [9.17, 15) is 13.2 Å². The minimum absolute atomic E-state index is 0.0236. The molecule has 10 heteroatoms. The van der Waals surface area contributed by atoms with Crippen LogP contribution in [0.15, 0.2) is 4.99 Å². The highest BCUT2D eigenvalue weighted by Gasteiger charge is 2.31. The molecule has 0 aliphatic carbocycles. The molecule has 0 unspecified atom stereocenters. The standard InChI is InChI=1S/C14H29N5O4S/c1-18(2)13(20)11-17-14(15-7-9-23-3)16-10-12-6-5-8-19(12)24(4,21)22/h12H,5-11H2,1-4H3,(H2,15,16,17)/t12-/m1/s1. The summed E-state index contributed by atoms with van der Waals surface area (Å²) in [5, 5.41) is 6.19. The molecule has 1 amide bonds. The van der Waals surface area contributed by atoms with Gasteiger partial charge < -0.3 is 20.3 Å². The molecular formula is C14H29N5O4S. The number of ether oxygens (including phenoxy) is 1. The van der Waals surface area contributed by atoms with Crippen molar-refractivity contribution in [2.45, 2.75) is 18.9 Å². The third kappa shape index (κ3) is 7.02. The number of carbonyl (C=O) groups excluding carboxylic acids is 1. The van der Waals surface area contributed by atoms with Gasteiger partial charge in [-0.2, -0.15) is 4.31 Å². The number of hydrogen-bond donors (Lipinski definition) is 2. The SMILES string of the molecule is COCCNC(=NCC(=O)N(C)C)NC[C@H]1CCCN1S(C)(=O)=O. The fourth-order valence-corrected chi connectivity index (χ4v) is 3.58. The highest BCUT2D eigenvalue weighted by molar-refractivity contribution is 7.88. The van der Waals surface area contributed by atoms with Gasteiger partial charge in [-0.15, -0.1) is 0 Å². The molecule has 9 nitrogen and oxygen atoms in total. The maximum absolute atomic E-state index is 11.8. The van der Waals surface area contributed by atoms with Crippen molar-refractivity contribution in [1.29, 1.82) is 0 Å². The van der Waals surface area contributed by atoms with Crippen molar-refractivity contribution in [2.24, 2.45) is 4.99 Å². The summed E-state index contributed by atoms with van der Waals surface area (Å²) in [7, 11) is 1.74. The summed E-state index contributed by atoms with van der Waals surface area (Å²) in [6.45, 7) is 2.06. The van der Waals surface area contributed by atoms with Gasteiger partial charge in [0.15, 0.2) is 5.96 Å². The smallest absolute Gasteiger partial charge is 0.243 e. The average Bonchev–Trinajstić information content (AvgIpc) is 2.97. The lowest BCUT2D eigenvalue weighted by molar-refractivity contribution is -0.127. The number of guanidine groups is 1. The molecule has 24 heavy (non-hydrogen) atoms. The summed E-state index contributed by atoms with van der Waals surface area (Å²) in [5.41, 5.74) is 0. The zero-order chi connectivity index (χ0) is 18.2. The summed E-state index contributed by atoms with van der Waals surface area (Å²) >= 11 is 0. The molecule has 0 aromatic rings. The number of nitrogens with one attached hydrogen (secondary N) is 2. The number of amides is 1. The van der Waals surface area contributed by atoms with Crippen LogP contribution < -0.4 is 10.6 Å². The maximum atomic E-state index is 11.8. The Morgan fingerprint density at radius 1 is 1.38 bits per heavy atom. The molecule has 1 fully saturated rings. The average molecular weight is 363 g/mol. The largest absolute Gasteiger partial charge is 0.383 e. The normalized spacial score (nSPS) is 19.3. The highest BCUT2D eigenvalue weighted by Crippen LogP contribution is 2.19. The molecule has 1 atom stereocenters. The van der Waals surface area contributed by atoms with Crippen molar-refractivity contribution in [3.8, 4) is 0 Å². The van der Waals surface area contributed by atoms with Gasteiger partial charge in [-0.3, -0.25) is 4.79 Å². The van der Waals surface area contributed by atoms with Gasteiger partial charge in [0.1, 0.15) is 6.54 Å². The Hall–Kier alpha value is -1.39. The summed E-state index contributed by atoms with van der Waals surface area (Å²) in [6.07, 6.45) is 2.89. The molecule has 1 aliphatic rings. The van der Waals surface area contributed by atoms with Gasteiger partial charge in [0.05, 0.1) is 12.9 Å². The van der Waals surface area contributed by atoms with Crippen LogP contribution in [-0.4, -0.2) is 95.8 Å². The summed E-state index contributed by atoms with van der Waals surface area (Å²) in [4.78, 5) is 17.4. The summed E-state index contributed by atoms with van der Waals surface area (Å²) in [6, 6.07) is -0.0982. The lowest BCUT2D eigenvalue weighted by Crippen LogP contribution is -2.47. The molecule has 0 aromatic carbocycles. The molecule has 1 saturated heterocycles. The number of carbonyl (C=O) groups is 1. The second-order valence-electron chi connectivity index (χ2n) is 5.92. The van der Waals surface area contributed by atoms with Crippen LogP contribution in [0.5, 0.6) is 0 Å². The van der Waals surface area contributed by atoms with Crippen LogP contribution in [0.25, 0.3) is 0 Å². The van der Waals surface area contributed by atoms with Crippen LogP contribution in [0.2, 0.25) is 0 Å². The molecule has 1 aliphatic heterocycles. The van der Waals surface area contributed by atoms with E-state index in [1.807, 2.05) is 0 Å². The fourth-order valence-electron chi connectivity index (χ4n) is 2.40. The third-order valence-corrected chi connectivity index (χ3v) is 5.06. The Morgan fingerprint density at radius 2 is 2.08 bits per heavy atom. The van der Waals surface area contributed by atoms with Crippen LogP contribution in [0.3, 0.4) is 0 Å². The first-order chi connectivity index (χ1) is 11.3. The Kier molecular flexibility index (Phi) is 8.43. The molecule has 0 saturated carbocycles. The second kappa shape index (κ2) is 9.80. The van der Waals surface area contributed by atoms with Gasteiger partial charge in [0.25, 0.3) is 0 Å². The number of hydrogen-bond acceptors (Lipinski definition) is 5. The van der Waals surface area contributed by atoms with Crippen LogP contribution >= 0.6 is 0 Å². The van der Waals surface area contributed by atoms with Crippen LogP contribution in [0, 0.1) is 0 Å². The van der Waals surface area contributed by atoms with Crippen LogP contribution in [0.1, 0.15) is 12.8 Å². The molecule has 0 bridgehead atoms. The van der Waals surface area contributed by atoms with Gasteiger partial charge in [0, 0.05) is 46.9 Å². The van der Waals surface area contributed by atoms with Crippen molar-refractivity contribution < 1.29 is 17.9 Å². The molecule has 2 N–H and O–H groups in total. The predicted octanol–water partition coefficient (Wildman–Crippen LogP) is -1.32. The molecule has 0 radical (unpaired) electrons. The third-order valence-electron chi connectivity index (χ3n) is 3.72. The number of likely N-dealkylation sites (N-methyl/N-ethyl adjacent to an activating group) is 1. The number of nitrogens with zero attached hydrogens (tertiary/aromatic N) is 3. The fraction of sp³-hybridized carbons (Fsp3) is 0.857. The van der Waals surface area contributed by atoms with Crippen LogP contribution in [-0.2, 0) is 19.6 Å². The first-order valence-corrected chi connectivity index (χ1v) is 9.78. The van der Waals surface area contributed by atoms with E-state index in [0.29, 0.717) is 32.2 Å². The van der Waals surface area contributed by atoms with E-state index in [4.69, 9.17) is 4.74 Å². The van der Waals surface area contributed by atoms with Crippen molar-refractivity contribution >= 4 is 21.9 Å². The van der Waals surface area contributed by atoms with E-state index in [2.05, 4.69) is 15.6 Å². The van der Waals surface area contributed by atoms with Gasteiger partial charge >= 0.3 is 0 Å². The lowest BCUT2D eigenvalue weighted by Gasteiger charge is -2.23. The Balaban J connectivity index is 2.63.